The monoisotopic (exact) mass is 379 g/mol. The first kappa shape index (κ1) is 19.8. The Labute approximate surface area is 166 Å². The van der Waals surface area contributed by atoms with Crippen LogP contribution in [0, 0.1) is 20.8 Å². The number of hydrogen-bond acceptors (Lipinski definition) is 6. The van der Waals surface area contributed by atoms with Gasteiger partial charge in [0.25, 0.3) is 0 Å². The van der Waals surface area contributed by atoms with Crippen LogP contribution in [0.25, 0.3) is 11.4 Å². The lowest BCUT2D eigenvalue weighted by molar-refractivity contribution is 0.416. The van der Waals surface area contributed by atoms with Gasteiger partial charge in [-0.3, -0.25) is 5.10 Å². The summed E-state index contributed by atoms with van der Waals surface area (Å²) in [4.78, 5) is 13.9. The van der Waals surface area contributed by atoms with E-state index in [1.165, 1.54) is 11.1 Å². The van der Waals surface area contributed by atoms with Gasteiger partial charge >= 0.3 is 0 Å². The van der Waals surface area contributed by atoms with Gasteiger partial charge in [0, 0.05) is 43.5 Å². The van der Waals surface area contributed by atoms with E-state index in [-0.39, 0.29) is 0 Å². The van der Waals surface area contributed by atoms with Crippen LogP contribution in [0.2, 0.25) is 0 Å². The lowest BCUT2D eigenvalue weighted by atomic mass is 10.0. The Morgan fingerprint density at radius 3 is 2.43 bits per heavy atom. The highest BCUT2D eigenvalue weighted by atomic mass is 15.2. The predicted octanol–water partition coefficient (Wildman–Crippen LogP) is 3.53. The Balaban J connectivity index is 2.01. The van der Waals surface area contributed by atoms with Gasteiger partial charge in [0.1, 0.15) is 11.6 Å². The van der Waals surface area contributed by atoms with Crippen LogP contribution in [-0.2, 0) is 0 Å². The van der Waals surface area contributed by atoms with E-state index < -0.39 is 0 Å². The Hall–Kier alpha value is -2.93. The molecule has 0 aliphatic heterocycles. The van der Waals surface area contributed by atoms with Crippen molar-refractivity contribution < 1.29 is 0 Å². The molecule has 0 bridgehead atoms. The Bertz CT molecular complexity index is 946. The molecule has 28 heavy (non-hydrogen) atoms. The number of anilines is 3. The standard InChI is InChI=1S/C21H29N7/c1-14-8-7-9-17(16(14)3)21-23-18(22-19-12-15(2)25-26-19)13-20(24-21)28(6)11-10-27(4)5/h7-9,12-13H,10-11H2,1-6H3,(H2,22,23,24,25,26). The van der Waals surface area contributed by atoms with Crippen molar-refractivity contribution in [1.29, 1.82) is 0 Å². The molecule has 2 N–H and O–H groups in total. The van der Waals surface area contributed by atoms with Crippen LogP contribution in [0.15, 0.2) is 30.3 Å². The maximum absolute atomic E-state index is 4.86. The average molecular weight is 380 g/mol. The molecule has 2 heterocycles. The maximum Gasteiger partial charge on any atom is 0.164 e. The van der Waals surface area contributed by atoms with Gasteiger partial charge < -0.3 is 15.1 Å². The van der Waals surface area contributed by atoms with Gasteiger partial charge in [-0.2, -0.15) is 5.10 Å². The molecule has 0 amide bonds. The zero-order valence-corrected chi connectivity index (χ0v) is 17.5. The third-order valence-electron chi connectivity index (χ3n) is 4.79. The van der Waals surface area contributed by atoms with Gasteiger partial charge in [-0.05, 0) is 46.0 Å². The molecule has 0 aliphatic carbocycles. The first-order chi connectivity index (χ1) is 13.3. The van der Waals surface area contributed by atoms with Gasteiger partial charge in [0.2, 0.25) is 0 Å². The van der Waals surface area contributed by atoms with Crippen LogP contribution in [0.3, 0.4) is 0 Å². The summed E-state index contributed by atoms with van der Waals surface area (Å²) in [6.07, 6.45) is 0. The third-order valence-corrected chi connectivity index (χ3v) is 4.79. The highest BCUT2D eigenvalue weighted by Gasteiger charge is 2.13. The highest BCUT2D eigenvalue weighted by Crippen LogP contribution is 2.27. The summed E-state index contributed by atoms with van der Waals surface area (Å²) in [7, 11) is 6.20. The molecule has 3 aromatic rings. The minimum absolute atomic E-state index is 0.713. The van der Waals surface area contributed by atoms with Crippen molar-refractivity contribution in [2.45, 2.75) is 20.8 Å². The first-order valence-corrected chi connectivity index (χ1v) is 9.44. The summed E-state index contributed by atoms with van der Waals surface area (Å²) in [5, 5.41) is 10.5. The number of nitrogens with one attached hydrogen (secondary N) is 2. The summed E-state index contributed by atoms with van der Waals surface area (Å²) in [5.74, 6) is 3.06. The second-order valence-electron chi connectivity index (χ2n) is 7.47. The third kappa shape index (κ3) is 4.67. The zero-order chi connectivity index (χ0) is 20.3. The van der Waals surface area contributed by atoms with E-state index in [4.69, 9.17) is 9.97 Å². The van der Waals surface area contributed by atoms with Crippen LogP contribution >= 0.6 is 0 Å². The quantitative estimate of drug-likeness (QED) is 0.654. The molecule has 0 spiro atoms. The SMILES string of the molecule is Cc1cc(Nc2cc(N(C)CCN(C)C)nc(-c3cccc(C)c3C)n2)n[nH]1. The second-order valence-corrected chi connectivity index (χ2v) is 7.47. The summed E-state index contributed by atoms with van der Waals surface area (Å²) in [6.45, 7) is 8.01. The van der Waals surface area contributed by atoms with Gasteiger partial charge in [0.05, 0.1) is 0 Å². The van der Waals surface area contributed by atoms with Gasteiger partial charge in [0.15, 0.2) is 11.6 Å². The van der Waals surface area contributed by atoms with Gasteiger partial charge in [-0.25, -0.2) is 9.97 Å². The number of aromatic amines is 1. The average Bonchev–Trinajstić information content (AvgIpc) is 3.06. The Morgan fingerprint density at radius 2 is 1.75 bits per heavy atom. The Kier molecular flexibility index (Phi) is 5.94. The van der Waals surface area contributed by atoms with E-state index in [2.05, 4.69) is 72.4 Å². The predicted molar refractivity (Wildman–Crippen MR) is 115 cm³/mol. The number of hydrogen-bond donors (Lipinski definition) is 2. The van der Waals surface area contributed by atoms with E-state index in [1.807, 2.05) is 25.1 Å². The lowest BCUT2D eigenvalue weighted by Crippen LogP contribution is -2.29. The molecule has 0 saturated heterocycles. The number of likely N-dealkylation sites (N-methyl/N-ethyl adjacent to an activating group) is 2. The minimum atomic E-state index is 0.713. The topological polar surface area (TPSA) is 73.0 Å². The molecule has 0 atom stereocenters. The van der Waals surface area contributed by atoms with Gasteiger partial charge in [-0.1, -0.05) is 18.2 Å². The maximum atomic E-state index is 4.86. The van der Waals surface area contributed by atoms with Crippen LogP contribution < -0.4 is 10.2 Å². The largest absolute Gasteiger partial charge is 0.358 e. The summed E-state index contributed by atoms with van der Waals surface area (Å²) in [5.41, 5.74) is 4.46. The summed E-state index contributed by atoms with van der Waals surface area (Å²) >= 11 is 0. The molecule has 0 saturated carbocycles. The number of nitrogens with zero attached hydrogens (tertiary/aromatic N) is 5. The second kappa shape index (κ2) is 8.39. The minimum Gasteiger partial charge on any atom is -0.358 e. The van der Waals surface area contributed by atoms with Crippen molar-refractivity contribution >= 4 is 17.5 Å². The fraction of sp³-hybridized carbons (Fsp3) is 0.381. The normalized spacial score (nSPS) is 11.1. The number of H-pyrrole nitrogens is 1. The highest BCUT2D eigenvalue weighted by molar-refractivity contribution is 5.67. The lowest BCUT2D eigenvalue weighted by Gasteiger charge is -2.22. The van der Waals surface area contributed by atoms with Crippen LogP contribution in [0.5, 0.6) is 0 Å². The van der Waals surface area contributed by atoms with Crippen molar-refractivity contribution in [3.8, 4) is 11.4 Å². The smallest absolute Gasteiger partial charge is 0.164 e. The van der Waals surface area contributed by atoms with Crippen molar-refractivity contribution in [2.75, 3.05) is 44.4 Å². The molecule has 0 unspecified atom stereocenters. The fourth-order valence-corrected chi connectivity index (χ4v) is 2.89. The first-order valence-electron chi connectivity index (χ1n) is 9.44. The molecule has 2 aromatic heterocycles. The van der Waals surface area contributed by atoms with Crippen molar-refractivity contribution in [2.24, 2.45) is 0 Å². The number of rotatable bonds is 7. The summed E-state index contributed by atoms with van der Waals surface area (Å²) < 4.78 is 0. The van der Waals surface area contributed by atoms with Crippen LogP contribution in [0.4, 0.5) is 17.5 Å². The number of aromatic nitrogens is 4. The van der Waals surface area contributed by atoms with Crippen molar-refractivity contribution in [3.63, 3.8) is 0 Å². The molecule has 7 heteroatoms. The zero-order valence-electron chi connectivity index (χ0n) is 17.5. The van der Waals surface area contributed by atoms with Crippen LogP contribution in [0.1, 0.15) is 16.8 Å². The van der Waals surface area contributed by atoms with Crippen LogP contribution in [-0.4, -0.2) is 59.3 Å². The molecule has 0 aliphatic rings. The Morgan fingerprint density at radius 1 is 0.964 bits per heavy atom. The van der Waals surface area contributed by atoms with E-state index >= 15 is 0 Å². The van der Waals surface area contributed by atoms with Crippen molar-refractivity contribution in [1.82, 2.24) is 25.1 Å². The van der Waals surface area contributed by atoms with E-state index in [0.29, 0.717) is 5.82 Å². The number of aryl methyl sites for hydroxylation is 2. The molecule has 148 valence electrons. The summed E-state index contributed by atoms with van der Waals surface area (Å²) in [6, 6.07) is 10.2. The van der Waals surface area contributed by atoms with E-state index in [9.17, 15) is 0 Å². The molecule has 1 aromatic carbocycles. The van der Waals surface area contributed by atoms with E-state index in [0.717, 1.165) is 41.8 Å². The van der Waals surface area contributed by atoms with Crippen molar-refractivity contribution in [3.05, 3.63) is 47.2 Å². The fourth-order valence-electron chi connectivity index (χ4n) is 2.89. The molecule has 0 radical (unpaired) electrons. The van der Waals surface area contributed by atoms with Gasteiger partial charge in [-0.15, -0.1) is 0 Å². The molecule has 7 nitrogen and oxygen atoms in total. The molecule has 3 rings (SSSR count). The molecule has 0 fully saturated rings. The number of benzene rings is 1. The molecular formula is C21H29N7. The molecular weight excluding hydrogens is 350 g/mol. The van der Waals surface area contributed by atoms with E-state index in [1.54, 1.807) is 0 Å².